The van der Waals surface area contributed by atoms with Crippen molar-refractivity contribution in [2.24, 2.45) is 5.16 Å². The van der Waals surface area contributed by atoms with E-state index >= 15 is 0 Å². The van der Waals surface area contributed by atoms with Crippen LogP contribution >= 0.6 is 0 Å². The van der Waals surface area contributed by atoms with Gasteiger partial charge in [-0.1, -0.05) is 30.6 Å². The molecule has 1 aromatic carbocycles. The van der Waals surface area contributed by atoms with Crippen molar-refractivity contribution in [3.8, 4) is 0 Å². The van der Waals surface area contributed by atoms with Crippen LogP contribution in [-0.2, 0) is 14.4 Å². The summed E-state index contributed by atoms with van der Waals surface area (Å²) >= 11 is 0. The molecule has 0 aliphatic carbocycles. The average Bonchev–Trinajstić information content (AvgIpc) is 2.93. The number of halogens is 1. The summed E-state index contributed by atoms with van der Waals surface area (Å²) in [5, 5.41) is 15.6. The van der Waals surface area contributed by atoms with Crippen molar-refractivity contribution in [1.82, 2.24) is 5.32 Å². The van der Waals surface area contributed by atoms with Gasteiger partial charge < -0.3 is 15.3 Å². The lowest BCUT2D eigenvalue weighted by Gasteiger charge is -2.23. The predicted octanol–water partition coefficient (Wildman–Crippen LogP) is 2.08. The Morgan fingerprint density at radius 1 is 1.39 bits per heavy atom. The Kier molecular flexibility index (Phi) is 5.31. The summed E-state index contributed by atoms with van der Waals surface area (Å²) in [5.41, 5.74) is -0.527. The molecule has 0 fully saturated rings. The number of amides is 1. The molecule has 1 atom stereocenters. The molecule has 0 saturated carbocycles. The zero-order valence-electron chi connectivity index (χ0n) is 12.8. The maximum absolute atomic E-state index is 13.0. The Bertz CT molecular complexity index is 615. The van der Waals surface area contributed by atoms with Crippen LogP contribution in [0, 0.1) is 5.82 Å². The molecule has 0 radical (unpaired) electrons. The van der Waals surface area contributed by atoms with Crippen LogP contribution in [0.15, 0.2) is 29.4 Å². The van der Waals surface area contributed by atoms with Gasteiger partial charge in [-0.05, 0) is 24.1 Å². The normalized spacial score (nSPS) is 19.8. The quantitative estimate of drug-likeness (QED) is 0.752. The topological polar surface area (TPSA) is 88.0 Å². The van der Waals surface area contributed by atoms with E-state index in [0.717, 1.165) is 12.8 Å². The van der Waals surface area contributed by atoms with E-state index in [1.807, 2.05) is 6.92 Å². The van der Waals surface area contributed by atoms with E-state index in [0.29, 0.717) is 17.8 Å². The van der Waals surface area contributed by atoms with Crippen LogP contribution in [0.5, 0.6) is 0 Å². The summed E-state index contributed by atoms with van der Waals surface area (Å²) < 4.78 is 13.0. The average molecular weight is 322 g/mol. The molecule has 0 bridgehead atoms. The molecule has 1 aliphatic rings. The van der Waals surface area contributed by atoms with Gasteiger partial charge in [-0.15, -0.1) is 0 Å². The van der Waals surface area contributed by atoms with Crippen LogP contribution in [0.4, 0.5) is 4.39 Å². The van der Waals surface area contributed by atoms with Gasteiger partial charge in [0.05, 0.1) is 12.1 Å². The molecular formula is C16H19FN2O4. The molecule has 6 nitrogen and oxygen atoms in total. The van der Waals surface area contributed by atoms with E-state index in [1.54, 1.807) is 0 Å². The van der Waals surface area contributed by atoms with E-state index in [9.17, 15) is 14.0 Å². The van der Waals surface area contributed by atoms with Crippen molar-refractivity contribution < 1.29 is 23.9 Å². The number of carbonyl (C=O) groups excluding carboxylic acids is 1. The molecule has 2 rings (SSSR count). The molecule has 1 aliphatic heterocycles. The smallest absolute Gasteiger partial charge is 0.308 e. The number of carbonyl (C=O) groups is 2. The molecule has 124 valence electrons. The number of oxime groups is 1. The SMILES string of the molecule is CCCCNC(=O)C1(CC(=O)O)CC(c2ccc(F)cc2)=NO1. The highest BCUT2D eigenvalue weighted by molar-refractivity contribution is 6.06. The van der Waals surface area contributed by atoms with Gasteiger partial charge in [-0.3, -0.25) is 9.59 Å². The highest BCUT2D eigenvalue weighted by atomic mass is 19.1. The predicted molar refractivity (Wildman–Crippen MR) is 81.5 cm³/mol. The van der Waals surface area contributed by atoms with Gasteiger partial charge in [0.25, 0.3) is 5.91 Å². The van der Waals surface area contributed by atoms with Gasteiger partial charge in [0, 0.05) is 13.0 Å². The third kappa shape index (κ3) is 4.06. The number of rotatable bonds is 7. The molecule has 0 spiro atoms. The van der Waals surface area contributed by atoms with Crippen LogP contribution in [0.2, 0.25) is 0 Å². The fourth-order valence-corrected chi connectivity index (χ4v) is 2.36. The Labute approximate surface area is 133 Å². The van der Waals surface area contributed by atoms with Crippen LogP contribution in [0.1, 0.15) is 38.2 Å². The largest absolute Gasteiger partial charge is 0.481 e. The minimum atomic E-state index is -1.55. The molecule has 1 aromatic rings. The second-order valence-electron chi connectivity index (χ2n) is 5.49. The first-order valence-corrected chi connectivity index (χ1v) is 7.48. The number of unbranched alkanes of at least 4 members (excludes halogenated alkanes) is 1. The van der Waals surface area contributed by atoms with E-state index in [-0.39, 0.29) is 12.2 Å². The molecule has 7 heteroatoms. The number of aliphatic carboxylic acids is 1. The van der Waals surface area contributed by atoms with E-state index in [4.69, 9.17) is 9.94 Å². The Morgan fingerprint density at radius 3 is 2.70 bits per heavy atom. The summed E-state index contributed by atoms with van der Waals surface area (Å²) in [6.07, 6.45) is 1.24. The molecule has 1 amide bonds. The highest BCUT2D eigenvalue weighted by Gasteiger charge is 2.48. The van der Waals surface area contributed by atoms with Crippen LogP contribution < -0.4 is 5.32 Å². The molecule has 1 heterocycles. The van der Waals surface area contributed by atoms with E-state index < -0.39 is 23.9 Å². The first-order valence-electron chi connectivity index (χ1n) is 7.48. The number of carboxylic acid groups (broad SMARTS) is 1. The number of nitrogens with one attached hydrogen (secondary N) is 1. The lowest BCUT2D eigenvalue weighted by Crippen LogP contribution is -2.48. The minimum absolute atomic E-state index is 0.0306. The van der Waals surface area contributed by atoms with Crippen molar-refractivity contribution in [2.45, 2.75) is 38.2 Å². The minimum Gasteiger partial charge on any atom is -0.481 e. The van der Waals surface area contributed by atoms with Gasteiger partial charge in [0.2, 0.25) is 5.60 Å². The number of hydrogen-bond donors (Lipinski definition) is 2. The standard InChI is InChI=1S/C16H19FN2O4/c1-2-3-8-18-15(22)16(10-14(20)21)9-13(19-23-16)11-4-6-12(17)7-5-11/h4-7H,2-3,8-10H2,1H3,(H,18,22)(H,20,21). The lowest BCUT2D eigenvalue weighted by atomic mass is 9.90. The summed E-state index contributed by atoms with van der Waals surface area (Å²) in [6, 6.07) is 5.58. The third-order valence-corrected chi connectivity index (χ3v) is 3.63. The molecule has 0 saturated heterocycles. The Hall–Kier alpha value is -2.44. The first-order chi connectivity index (χ1) is 11.0. The second kappa shape index (κ2) is 7.21. The monoisotopic (exact) mass is 322 g/mol. The van der Waals surface area contributed by atoms with Crippen LogP contribution in [-0.4, -0.2) is 34.8 Å². The maximum atomic E-state index is 13.0. The summed E-state index contributed by atoms with van der Waals surface area (Å²) in [4.78, 5) is 28.7. The number of carboxylic acids is 1. The molecule has 1 unspecified atom stereocenters. The van der Waals surface area contributed by atoms with Gasteiger partial charge in [0.15, 0.2) is 0 Å². The number of nitrogens with zero attached hydrogens (tertiary/aromatic N) is 1. The lowest BCUT2D eigenvalue weighted by molar-refractivity contribution is -0.156. The zero-order valence-corrected chi connectivity index (χ0v) is 12.8. The Balaban J connectivity index is 2.14. The summed E-state index contributed by atoms with van der Waals surface area (Å²) in [5.74, 6) is -2.03. The van der Waals surface area contributed by atoms with Crippen molar-refractivity contribution >= 4 is 17.6 Å². The highest BCUT2D eigenvalue weighted by Crippen LogP contribution is 2.30. The fraction of sp³-hybridized carbons (Fsp3) is 0.438. The number of benzene rings is 1. The van der Waals surface area contributed by atoms with Gasteiger partial charge in [0.1, 0.15) is 5.82 Å². The van der Waals surface area contributed by atoms with Crippen molar-refractivity contribution in [1.29, 1.82) is 0 Å². The third-order valence-electron chi connectivity index (χ3n) is 3.63. The molecular weight excluding hydrogens is 303 g/mol. The Morgan fingerprint density at radius 2 is 2.09 bits per heavy atom. The molecule has 23 heavy (non-hydrogen) atoms. The summed E-state index contributed by atoms with van der Waals surface area (Å²) in [7, 11) is 0. The molecule has 2 N–H and O–H groups in total. The molecule has 0 aromatic heterocycles. The first kappa shape index (κ1) is 16.9. The van der Waals surface area contributed by atoms with Gasteiger partial charge in [-0.25, -0.2) is 4.39 Å². The van der Waals surface area contributed by atoms with Crippen molar-refractivity contribution in [3.05, 3.63) is 35.6 Å². The van der Waals surface area contributed by atoms with Gasteiger partial charge >= 0.3 is 5.97 Å². The zero-order chi connectivity index (χ0) is 16.9. The van der Waals surface area contributed by atoms with E-state index in [1.165, 1.54) is 24.3 Å². The second-order valence-corrected chi connectivity index (χ2v) is 5.49. The fourth-order valence-electron chi connectivity index (χ4n) is 2.36. The van der Waals surface area contributed by atoms with E-state index in [2.05, 4.69) is 10.5 Å². The van der Waals surface area contributed by atoms with Crippen molar-refractivity contribution in [3.63, 3.8) is 0 Å². The van der Waals surface area contributed by atoms with Crippen LogP contribution in [0.25, 0.3) is 0 Å². The van der Waals surface area contributed by atoms with Gasteiger partial charge in [-0.2, -0.15) is 0 Å². The summed E-state index contributed by atoms with van der Waals surface area (Å²) in [6.45, 7) is 2.44. The number of hydrogen-bond acceptors (Lipinski definition) is 4. The van der Waals surface area contributed by atoms with Crippen LogP contribution in [0.3, 0.4) is 0 Å². The van der Waals surface area contributed by atoms with Crippen molar-refractivity contribution in [2.75, 3.05) is 6.54 Å². The maximum Gasteiger partial charge on any atom is 0.308 e.